The van der Waals surface area contributed by atoms with Crippen molar-refractivity contribution in [2.45, 2.75) is 19.3 Å². The van der Waals surface area contributed by atoms with Crippen molar-refractivity contribution in [2.75, 3.05) is 23.3 Å². The Balaban J connectivity index is 1.60. The monoisotopic (exact) mass is 360 g/mol. The number of benzene rings is 1. The molecule has 1 unspecified atom stereocenters. The van der Waals surface area contributed by atoms with Crippen LogP contribution in [0.25, 0.3) is 0 Å². The van der Waals surface area contributed by atoms with Gasteiger partial charge in [0.1, 0.15) is 0 Å². The Hall–Kier alpha value is -2.34. The van der Waals surface area contributed by atoms with Gasteiger partial charge in [-0.3, -0.25) is 9.59 Å². The second-order valence-corrected chi connectivity index (χ2v) is 6.83. The summed E-state index contributed by atoms with van der Waals surface area (Å²) in [5.41, 5.74) is 1.40. The van der Waals surface area contributed by atoms with Crippen molar-refractivity contribution >= 4 is 28.9 Å². The summed E-state index contributed by atoms with van der Waals surface area (Å²) in [6, 6.07) is 8.74. The number of hydrogen-bond donors (Lipinski definition) is 1. The van der Waals surface area contributed by atoms with Crippen LogP contribution in [-0.2, 0) is 11.8 Å². The first-order valence-electron chi connectivity index (χ1n) is 8.35. The second-order valence-electron chi connectivity index (χ2n) is 6.39. The molecule has 0 spiro atoms. The number of aryl methyl sites for hydroxylation is 1. The van der Waals surface area contributed by atoms with Crippen LogP contribution in [0.3, 0.4) is 0 Å². The zero-order chi connectivity index (χ0) is 17.8. The highest BCUT2D eigenvalue weighted by Gasteiger charge is 2.23. The minimum Gasteiger partial charge on any atom is -0.370 e. The number of hydrogen-bond acceptors (Lipinski definition) is 4. The molecule has 1 saturated heterocycles. The first kappa shape index (κ1) is 17.5. The molecular weight excluding hydrogens is 340 g/mol. The highest BCUT2D eigenvalue weighted by Crippen LogP contribution is 2.24. The molecule has 2 aromatic rings. The summed E-state index contributed by atoms with van der Waals surface area (Å²) in [7, 11) is 1.63. The number of carbonyl (C=O) groups excluding carboxylic acids is 1. The number of piperidine rings is 1. The van der Waals surface area contributed by atoms with Crippen LogP contribution in [-0.4, -0.2) is 28.8 Å². The maximum absolute atomic E-state index is 12.3. The van der Waals surface area contributed by atoms with E-state index in [9.17, 15) is 9.59 Å². The van der Waals surface area contributed by atoms with Crippen molar-refractivity contribution in [1.29, 1.82) is 0 Å². The molecule has 132 valence electrons. The number of nitrogens with one attached hydrogen (secondary N) is 1. The zero-order valence-corrected chi connectivity index (χ0v) is 14.9. The van der Waals surface area contributed by atoms with E-state index in [0.29, 0.717) is 17.1 Å². The van der Waals surface area contributed by atoms with Crippen molar-refractivity contribution in [3.63, 3.8) is 0 Å². The van der Waals surface area contributed by atoms with Gasteiger partial charge in [-0.05, 0) is 37.0 Å². The van der Waals surface area contributed by atoms with Gasteiger partial charge in [-0.25, -0.2) is 4.68 Å². The number of amides is 1. The van der Waals surface area contributed by atoms with Crippen molar-refractivity contribution in [3.8, 4) is 0 Å². The summed E-state index contributed by atoms with van der Waals surface area (Å²) in [6.45, 7) is 1.62. The third-order valence-corrected chi connectivity index (χ3v) is 4.66. The number of rotatable bonds is 4. The van der Waals surface area contributed by atoms with Gasteiger partial charge < -0.3 is 10.2 Å². The van der Waals surface area contributed by atoms with Crippen LogP contribution >= 0.6 is 11.6 Å². The number of nitrogens with zero attached hydrogens (tertiary/aromatic N) is 3. The first-order chi connectivity index (χ1) is 12.0. The molecule has 1 amide bonds. The van der Waals surface area contributed by atoms with Gasteiger partial charge in [-0.1, -0.05) is 17.7 Å². The Kier molecular flexibility index (Phi) is 5.38. The molecule has 3 rings (SSSR count). The first-order valence-corrected chi connectivity index (χ1v) is 8.73. The molecule has 0 aliphatic carbocycles. The van der Waals surface area contributed by atoms with Crippen molar-refractivity contribution in [1.82, 2.24) is 9.78 Å². The van der Waals surface area contributed by atoms with Crippen molar-refractivity contribution < 1.29 is 4.79 Å². The predicted octanol–water partition coefficient (Wildman–Crippen LogP) is 2.68. The van der Waals surface area contributed by atoms with E-state index < -0.39 is 0 Å². The Bertz CT molecular complexity index is 821. The van der Waals surface area contributed by atoms with Gasteiger partial charge in [0.15, 0.2) is 0 Å². The van der Waals surface area contributed by atoms with Crippen molar-refractivity contribution in [2.24, 2.45) is 13.0 Å². The topological polar surface area (TPSA) is 67.2 Å². The molecule has 1 aliphatic heterocycles. The lowest BCUT2D eigenvalue weighted by Gasteiger charge is -2.33. The lowest BCUT2D eigenvalue weighted by molar-refractivity contribution is -0.117. The molecule has 6 nitrogen and oxygen atoms in total. The van der Waals surface area contributed by atoms with Crippen LogP contribution in [0.5, 0.6) is 0 Å². The molecular formula is C18H21ClN4O2. The normalized spacial score (nSPS) is 17.4. The van der Waals surface area contributed by atoms with Gasteiger partial charge in [0.2, 0.25) is 5.91 Å². The minimum absolute atomic E-state index is 0.0174. The lowest BCUT2D eigenvalue weighted by atomic mass is 9.94. The van der Waals surface area contributed by atoms with Gasteiger partial charge in [-0.2, -0.15) is 5.10 Å². The fourth-order valence-corrected chi connectivity index (χ4v) is 3.33. The molecule has 2 heterocycles. The van der Waals surface area contributed by atoms with Crippen LogP contribution < -0.4 is 15.8 Å². The van der Waals surface area contributed by atoms with Gasteiger partial charge in [0.05, 0.1) is 11.9 Å². The SMILES string of the molecule is Cn1ncc(N2CCCC(CC(=O)Nc3cccc(Cl)c3)C2)cc1=O. The molecule has 1 aromatic carbocycles. The summed E-state index contributed by atoms with van der Waals surface area (Å²) in [4.78, 5) is 26.2. The average molecular weight is 361 g/mol. The minimum atomic E-state index is -0.127. The largest absolute Gasteiger partial charge is 0.370 e. The Morgan fingerprint density at radius 2 is 2.24 bits per heavy atom. The quantitative estimate of drug-likeness (QED) is 0.910. The molecule has 0 bridgehead atoms. The average Bonchev–Trinajstić information content (AvgIpc) is 2.57. The molecule has 1 atom stereocenters. The number of aromatic nitrogens is 2. The second kappa shape index (κ2) is 7.70. The third-order valence-electron chi connectivity index (χ3n) is 4.42. The Labute approximate surface area is 151 Å². The van der Waals surface area contributed by atoms with Gasteiger partial charge in [0.25, 0.3) is 5.56 Å². The standard InChI is InChI=1S/C18H21ClN4O2/c1-22-18(25)10-16(11-20-22)23-7-3-4-13(12-23)8-17(24)21-15-6-2-5-14(19)9-15/h2,5-6,9-11,13H,3-4,7-8,12H2,1H3,(H,21,24). The van der Waals surface area contributed by atoms with Gasteiger partial charge in [0, 0.05) is 43.3 Å². The molecule has 1 aliphatic rings. The van der Waals surface area contributed by atoms with Crippen LogP contribution in [0.2, 0.25) is 5.02 Å². The number of halogens is 1. The van der Waals surface area contributed by atoms with E-state index in [1.165, 1.54) is 4.68 Å². The summed E-state index contributed by atoms with van der Waals surface area (Å²) in [5.74, 6) is 0.230. The van der Waals surface area contributed by atoms with E-state index in [2.05, 4.69) is 15.3 Å². The lowest BCUT2D eigenvalue weighted by Crippen LogP contribution is -2.37. The smallest absolute Gasteiger partial charge is 0.268 e. The maximum atomic E-state index is 12.3. The van der Waals surface area contributed by atoms with Crippen LogP contribution in [0.1, 0.15) is 19.3 Å². The summed E-state index contributed by atoms with van der Waals surface area (Å²) in [5, 5.41) is 7.57. The van der Waals surface area contributed by atoms with E-state index in [-0.39, 0.29) is 17.4 Å². The van der Waals surface area contributed by atoms with Gasteiger partial charge >= 0.3 is 0 Å². The highest BCUT2D eigenvalue weighted by atomic mass is 35.5. The highest BCUT2D eigenvalue weighted by molar-refractivity contribution is 6.30. The molecule has 0 saturated carbocycles. The molecule has 7 heteroatoms. The van der Waals surface area contributed by atoms with E-state index in [0.717, 1.165) is 31.6 Å². The maximum Gasteiger partial charge on any atom is 0.268 e. The number of carbonyl (C=O) groups is 1. The summed E-state index contributed by atoms with van der Waals surface area (Å²) >= 11 is 5.94. The fraction of sp³-hybridized carbons (Fsp3) is 0.389. The third kappa shape index (κ3) is 4.60. The molecule has 1 aromatic heterocycles. The zero-order valence-electron chi connectivity index (χ0n) is 14.1. The summed E-state index contributed by atoms with van der Waals surface area (Å²) < 4.78 is 1.31. The molecule has 1 N–H and O–H groups in total. The van der Waals surface area contributed by atoms with E-state index in [1.807, 2.05) is 12.1 Å². The number of anilines is 2. The van der Waals surface area contributed by atoms with Crippen LogP contribution in [0.4, 0.5) is 11.4 Å². The molecule has 25 heavy (non-hydrogen) atoms. The van der Waals surface area contributed by atoms with E-state index >= 15 is 0 Å². The Morgan fingerprint density at radius 1 is 1.40 bits per heavy atom. The Morgan fingerprint density at radius 3 is 3.00 bits per heavy atom. The van der Waals surface area contributed by atoms with E-state index in [1.54, 1.807) is 31.4 Å². The molecule has 1 fully saturated rings. The van der Waals surface area contributed by atoms with E-state index in [4.69, 9.17) is 11.6 Å². The summed E-state index contributed by atoms with van der Waals surface area (Å²) in [6.07, 6.45) is 4.14. The van der Waals surface area contributed by atoms with Crippen LogP contribution in [0.15, 0.2) is 41.3 Å². The van der Waals surface area contributed by atoms with Crippen molar-refractivity contribution in [3.05, 3.63) is 51.9 Å². The fourth-order valence-electron chi connectivity index (χ4n) is 3.14. The van der Waals surface area contributed by atoms with Crippen LogP contribution in [0, 0.1) is 5.92 Å². The van der Waals surface area contributed by atoms with Gasteiger partial charge in [-0.15, -0.1) is 0 Å². The molecule has 0 radical (unpaired) electrons. The predicted molar refractivity (Wildman–Crippen MR) is 99.1 cm³/mol.